The van der Waals surface area contributed by atoms with E-state index in [-0.39, 0.29) is 22.2 Å². The number of ether oxygens (including phenoxy) is 1. The van der Waals surface area contributed by atoms with Gasteiger partial charge in [0.05, 0.1) is 17.3 Å². The van der Waals surface area contributed by atoms with Crippen LogP contribution < -0.4 is 10.9 Å². The van der Waals surface area contributed by atoms with Gasteiger partial charge in [0.1, 0.15) is 18.3 Å². The lowest BCUT2D eigenvalue weighted by Crippen LogP contribution is -2.28. The number of benzene rings is 1. The van der Waals surface area contributed by atoms with Crippen molar-refractivity contribution in [3.8, 4) is 0 Å². The fourth-order valence-electron chi connectivity index (χ4n) is 3.15. The van der Waals surface area contributed by atoms with Crippen molar-refractivity contribution in [2.45, 2.75) is 6.54 Å². The van der Waals surface area contributed by atoms with Crippen molar-refractivity contribution >= 4 is 40.4 Å². The van der Waals surface area contributed by atoms with E-state index in [2.05, 4.69) is 15.4 Å². The second-order valence-electron chi connectivity index (χ2n) is 6.82. The molecule has 0 aliphatic carbocycles. The standard InChI is InChI=1S/C19H16N6O6/c1-23-17(28)11-4-3-10(5-12(11)18(23)29)22-14(26)8-31-15(27)7-25-9-20-16-13(19(25)30)6-21-24(16)2/h3-6,9H,7-8H2,1-2H3,(H,22,26). The second-order valence-corrected chi connectivity index (χ2v) is 6.82. The fourth-order valence-corrected chi connectivity index (χ4v) is 3.15. The Bertz CT molecular complexity index is 1320. The fraction of sp³-hybridized carbons (Fsp3) is 0.211. The third-order valence-electron chi connectivity index (χ3n) is 4.76. The Morgan fingerprint density at radius 2 is 1.84 bits per heavy atom. The summed E-state index contributed by atoms with van der Waals surface area (Å²) in [6.45, 7) is -1.02. The van der Waals surface area contributed by atoms with E-state index in [0.717, 1.165) is 9.47 Å². The molecule has 3 aromatic rings. The van der Waals surface area contributed by atoms with Gasteiger partial charge in [-0.2, -0.15) is 5.10 Å². The van der Waals surface area contributed by atoms with Crippen LogP contribution in [-0.2, 0) is 27.9 Å². The average Bonchev–Trinajstić information content (AvgIpc) is 3.22. The first-order valence-electron chi connectivity index (χ1n) is 9.05. The minimum atomic E-state index is -0.807. The first-order valence-corrected chi connectivity index (χ1v) is 9.05. The summed E-state index contributed by atoms with van der Waals surface area (Å²) in [5.74, 6) is -2.33. The maximum atomic E-state index is 12.3. The van der Waals surface area contributed by atoms with Crippen LogP contribution in [0.5, 0.6) is 0 Å². The van der Waals surface area contributed by atoms with Crippen LogP contribution in [0.25, 0.3) is 11.0 Å². The lowest BCUT2D eigenvalue weighted by molar-refractivity contribution is -0.147. The summed E-state index contributed by atoms with van der Waals surface area (Å²) in [5.41, 5.74) is 0.636. The van der Waals surface area contributed by atoms with Gasteiger partial charge in [0.2, 0.25) is 0 Å². The number of rotatable bonds is 5. The van der Waals surface area contributed by atoms with Gasteiger partial charge in [-0.1, -0.05) is 0 Å². The number of carbonyl (C=O) groups is 4. The molecule has 1 aliphatic heterocycles. The van der Waals surface area contributed by atoms with E-state index in [4.69, 9.17) is 4.74 Å². The summed E-state index contributed by atoms with van der Waals surface area (Å²) in [4.78, 5) is 65.4. The number of anilines is 1. The van der Waals surface area contributed by atoms with Gasteiger partial charge < -0.3 is 10.1 Å². The van der Waals surface area contributed by atoms with Crippen molar-refractivity contribution in [1.82, 2.24) is 24.2 Å². The molecule has 3 amide bonds. The van der Waals surface area contributed by atoms with Crippen molar-refractivity contribution < 1.29 is 23.9 Å². The molecule has 1 N–H and O–H groups in total. The molecule has 1 aliphatic rings. The molecule has 158 valence electrons. The van der Waals surface area contributed by atoms with E-state index in [1.165, 1.54) is 42.5 Å². The smallest absolute Gasteiger partial charge is 0.326 e. The average molecular weight is 424 g/mol. The Balaban J connectivity index is 1.36. The quantitative estimate of drug-likeness (QED) is 0.428. The maximum Gasteiger partial charge on any atom is 0.326 e. The van der Waals surface area contributed by atoms with Crippen molar-refractivity contribution in [2.75, 3.05) is 19.0 Å². The molecule has 31 heavy (non-hydrogen) atoms. The molecular formula is C19H16N6O6. The van der Waals surface area contributed by atoms with Gasteiger partial charge in [0.15, 0.2) is 12.3 Å². The predicted molar refractivity (Wildman–Crippen MR) is 105 cm³/mol. The highest BCUT2D eigenvalue weighted by Crippen LogP contribution is 2.24. The molecule has 12 nitrogen and oxygen atoms in total. The summed E-state index contributed by atoms with van der Waals surface area (Å²) in [6.07, 6.45) is 2.56. The highest BCUT2D eigenvalue weighted by Gasteiger charge is 2.32. The number of nitrogens with zero attached hydrogens (tertiary/aromatic N) is 5. The largest absolute Gasteiger partial charge is 0.454 e. The summed E-state index contributed by atoms with van der Waals surface area (Å²) in [6, 6.07) is 4.29. The zero-order valence-corrected chi connectivity index (χ0v) is 16.5. The van der Waals surface area contributed by atoms with Crippen molar-refractivity contribution in [2.24, 2.45) is 7.05 Å². The molecule has 12 heteroatoms. The zero-order chi connectivity index (χ0) is 22.3. The van der Waals surface area contributed by atoms with Crippen LogP contribution in [0.4, 0.5) is 5.69 Å². The van der Waals surface area contributed by atoms with Gasteiger partial charge >= 0.3 is 5.97 Å². The van der Waals surface area contributed by atoms with Crippen LogP contribution in [0, 0.1) is 0 Å². The number of fused-ring (bicyclic) bond motifs is 2. The number of aryl methyl sites for hydroxylation is 1. The number of nitrogens with one attached hydrogen (secondary N) is 1. The van der Waals surface area contributed by atoms with Gasteiger partial charge in [-0.3, -0.25) is 38.1 Å². The zero-order valence-electron chi connectivity index (χ0n) is 16.5. The Hall–Kier alpha value is -4.35. The van der Waals surface area contributed by atoms with E-state index in [0.29, 0.717) is 5.65 Å². The lowest BCUT2D eigenvalue weighted by Gasteiger charge is -2.08. The van der Waals surface area contributed by atoms with Crippen LogP contribution >= 0.6 is 0 Å². The number of aromatic nitrogens is 4. The van der Waals surface area contributed by atoms with E-state index in [9.17, 15) is 24.0 Å². The Morgan fingerprint density at radius 3 is 2.61 bits per heavy atom. The monoisotopic (exact) mass is 424 g/mol. The Labute approximate surface area is 174 Å². The summed E-state index contributed by atoms with van der Waals surface area (Å²) in [5, 5.41) is 6.68. The topological polar surface area (TPSA) is 145 Å². The predicted octanol–water partition coefficient (Wildman–Crippen LogP) is -0.462. The van der Waals surface area contributed by atoms with Crippen LogP contribution in [0.1, 0.15) is 20.7 Å². The number of esters is 1. The van der Waals surface area contributed by atoms with Crippen LogP contribution in [-0.4, -0.2) is 61.6 Å². The lowest BCUT2D eigenvalue weighted by atomic mass is 10.1. The minimum absolute atomic E-state index is 0.181. The summed E-state index contributed by atoms with van der Waals surface area (Å²) >= 11 is 0. The molecule has 1 aromatic carbocycles. The number of amides is 3. The molecule has 0 saturated heterocycles. The molecular weight excluding hydrogens is 408 g/mol. The molecule has 0 atom stereocenters. The summed E-state index contributed by atoms with van der Waals surface area (Å²) < 4.78 is 7.41. The van der Waals surface area contributed by atoms with E-state index >= 15 is 0 Å². The number of hydrogen-bond donors (Lipinski definition) is 1. The first-order chi connectivity index (χ1) is 14.8. The Kier molecular flexibility index (Phi) is 4.81. The van der Waals surface area contributed by atoms with Crippen molar-refractivity contribution in [3.05, 3.63) is 52.2 Å². The molecule has 0 radical (unpaired) electrons. The van der Waals surface area contributed by atoms with Crippen molar-refractivity contribution in [3.63, 3.8) is 0 Å². The minimum Gasteiger partial charge on any atom is -0.454 e. The molecule has 0 bridgehead atoms. The third-order valence-corrected chi connectivity index (χ3v) is 4.76. The molecule has 0 spiro atoms. The number of imide groups is 1. The third kappa shape index (κ3) is 3.54. The van der Waals surface area contributed by atoms with E-state index in [1.807, 2.05) is 0 Å². The summed E-state index contributed by atoms with van der Waals surface area (Å²) in [7, 11) is 3.01. The van der Waals surface area contributed by atoms with Gasteiger partial charge in [0.25, 0.3) is 23.3 Å². The molecule has 0 unspecified atom stereocenters. The number of hydrogen-bond acceptors (Lipinski definition) is 8. The van der Waals surface area contributed by atoms with Crippen LogP contribution in [0.3, 0.4) is 0 Å². The van der Waals surface area contributed by atoms with Crippen LogP contribution in [0.15, 0.2) is 35.5 Å². The SMILES string of the molecule is CN1C(=O)c2ccc(NC(=O)COC(=O)Cn3cnc4c(cnn4C)c3=O)cc2C1=O. The molecule has 0 fully saturated rings. The van der Waals surface area contributed by atoms with Gasteiger partial charge in [-0.15, -0.1) is 0 Å². The normalized spacial score (nSPS) is 12.9. The highest BCUT2D eigenvalue weighted by atomic mass is 16.5. The second kappa shape index (κ2) is 7.48. The van der Waals surface area contributed by atoms with Crippen LogP contribution in [0.2, 0.25) is 0 Å². The Morgan fingerprint density at radius 1 is 1.10 bits per heavy atom. The van der Waals surface area contributed by atoms with Crippen molar-refractivity contribution in [1.29, 1.82) is 0 Å². The first kappa shape index (κ1) is 19.9. The van der Waals surface area contributed by atoms with Gasteiger partial charge in [-0.05, 0) is 18.2 Å². The highest BCUT2D eigenvalue weighted by molar-refractivity contribution is 6.21. The molecule has 3 heterocycles. The van der Waals surface area contributed by atoms with E-state index in [1.54, 1.807) is 7.05 Å². The molecule has 2 aromatic heterocycles. The van der Waals surface area contributed by atoms with Gasteiger partial charge in [0, 0.05) is 19.8 Å². The number of carbonyl (C=O) groups excluding carboxylic acids is 4. The molecule has 4 rings (SSSR count). The maximum absolute atomic E-state index is 12.3. The molecule has 0 saturated carbocycles. The van der Waals surface area contributed by atoms with E-state index < -0.39 is 42.4 Å². The van der Waals surface area contributed by atoms with Gasteiger partial charge in [-0.25, -0.2) is 4.98 Å².